The normalized spacial score (nSPS) is 17.0. The zero-order chi connectivity index (χ0) is 10.8. The highest BCUT2D eigenvalue weighted by molar-refractivity contribution is 6.08. The molecule has 0 aliphatic carbocycles. The number of ketones is 1. The summed E-state index contributed by atoms with van der Waals surface area (Å²) in [5.74, 6) is -0.0410. The van der Waals surface area contributed by atoms with E-state index in [-0.39, 0.29) is 18.1 Å². The third-order valence-corrected chi connectivity index (χ3v) is 2.58. The van der Waals surface area contributed by atoms with Gasteiger partial charge in [0.15, 0.2) is 0 Å². The maximum Gasteiger partial charge on any atom is 0.234 e. The minimum atomic E-state index is -0.0862. The van der Waals surface area contributed by atoms with Gasteiger partial charge in [-0.2, -0.15) is 0 Å². The summed E-state index contributed by atoms with van der Waals surface area (Å²) in [5.41, 5.74) is 2.02. The highest BCUT2D eigenvalue weighted by Gasteiger charge is 2.24. The Morgan fingerprint density at radius 1 is 1.27 bits per heavy atom. The molecule has 78 valence electrons. The Morgan fingerprint density at radius 3 is 2.73 bits per heavy atom. The molecule has 0 spiro atoms. The van der Waals surface area contributed by atoms with Crippen molar-refractivity contribution in [2.24, 2.45) is 0 Å². The fourth-order valence-electron chi connectivity index (χ4n) is 1.78. The van der Waals surface area contributed by atoms with Gasteiger partial charge in [0.1, 0.15) is 5.78 Å². The first-order valence-corrected chi connectivity index (χ1v) is 5.05. The van der Waals surface area contributed by atoms with E-state index in [2.05, 4.69) is 0 Å². The number of hydrogen-bond donors (Lipinski definition) is 0. The Morgan fingerprint density at radius 2 is 2.07 bits per heavy atom. The molecule has 1 amide bonds. The summed E-state index contributed by atoms with van der Waals surface area (Å²) < 4.78 is 0. The van der Waals surface area contributed by atoms with Crippen LogP contribution in [0.5, 0.6) is 0 Å². The second-order valence-electron chi connectivity index (χ2n) is 3.85. The highest BCUT2D eigenvalue weighted by atomic mass is 16.2. The topological polar surface area (TPSA) is 37.4 Å². The van der Waals surface area contributed by atoms with Gasteiger partial charge in [-0.25, -0.2) is 0 Å². The quantitative estimate of drug-likeness (QED) is 0.651. The van der Waals surface area contributed by atoms with Crippen LogP contribution in [0.1, 0.15) is 18.4 Å². The van der Waals surface area contributed by atoms with Crippen LogP contribution in [0.25, 0.3) is 0 Å². The molecular formula is C12H13NO2. The number of nitrogens with zero attached hydrogens (tertiary/aromatic N) is 1. The third kappa shape index (κ3) is 2.06. The Bertz CT molecular complexity index is 412. The number of piperidine rings is 1. The molecule has 0 aromatic heterocycles. The van der Waals surface area contributed by atoms with Crippen LogP contribution in [0.3, 0.4) is 0 Å². The fraction of sp³-hybridized carbons (Fsp3) is 0.333. The van der Waals surface area contributed by atoms with Crippen LogP contribution < -0.4 is 4.90 Å². The summed E-state index contributed by atoms with van der Waals surface area (Å²) in [7, 11) is 0. The van der Waals surface area contributed by atoms with Gasteiger partial charge in [-0.1, -0.05) is 12.1 Å². The second-order valence-corrected chi connectivity index (χ2v) is 3.85. The molecule has 1 aliphatic rings. The van der Waals surface area contributed by atoms with E-state index in [4.69, 9.17) is 0 Å². The molecule has 3 nitrogen and oxygen atoms in total. The van der Waals surface area contributed by atoms with E-state index in [1.54, 1.807) is 4.90 Å². The lowest BCUT2D eigenvalue weighted by molar-refractivity contribution is -0.128. The van der Waals surface area contributed by atoms with E-state index >= 15 is 0 Å². The van der Waals surface area contributed by atoms with Crippen molar-refractivity contribution in [3.63, 3.8) is 0 Å². The van der Waals surface area contributed by atoms with Crippen LogP contribution in [0, 0.1) is 6.92 Å². The zero-order valence-electron chi connectivity index (χ0n) is 8.69. The molecule has 2 rings (SSSR count). The van der Waals surface area contributed by atoms with Crippen LogP contribution >= 0.6 is 0 Å². The largest absolute Gasteiger partial charge is 0.312 e. The molecule has 0 unspecified atom stereocenters. The number of rotatable bonds is 1. The van der Waals surface area contributed by atoms with Gasteiger partial charge in [0.25, 0.3) is 0 Å². The number of Topliss-reactive ketones (excluding diaryl/α,β-unsaturated/α-hetero) is 1. The fourth-order valence-corrected chi connectivity index (χ4v) is 1.78. The molecule has 1 heterocycles. The van der Waals surface area contributed by atoms with E-state index in [0.717, 1.165) is 11.3 Å². The standard InChI is InChI=1S/C12H13NO2/c1-9-3-2-4-10(7-9)13-6-5-11(14)8-12(13)15/h2-4,7H,5-6,8H2,1H3. The monoisotopic (exact) mass is 203 g/mol. The lowest BCUT2D eigenvalue weighted by atomic mass is 10.1. The Labute approximate surface area is 88.7 Å². The van der Waals surface area contributed by atoms with Crippen LogP contribution in [-0.4, -0.2) is 18.2 Å². The van der Waals surface area contributed by atoms with Gasteiger partial charge < -0.3 is 4.90 Å². The number of benzene rings is 1. The maximum atomic E-state index is 11.6. The summed E-state index contributed by atoms with van der Waals surface area (Å²) >= 11 is 0. The lowest BCUT2D eigenvalue weighted by Gasteiger charge is -2.26. The number of anilines is 1. The van der Waals surface area contributed by atoms with E-state index in [0.29, 0.717) is 13.0 Å². The number of carbonyl (C=O) groups excluding carboxylic acids is 2. The highest BCUT2D eigenvalue weighted by Crippen LogP contribution is 2.20. The molecule has 1 aromatic carbocycles. The Hall–Kier alpha value is -1.64. The minimum absolute atomic E-state index is 0.0453. The van der Waals surface area contributed by atoms with E-state index < -0.39 is 0 Å². The van der Waals surface area contributed by atoms with E-state index in [1.165, 1.54) is 0 Å². The van der Waals surface area contributed by atoms with Gasteiger partial charge >= 0.3 is 0 Å². The van der Waals surface area contributed by atoms with Gasteiger partial charge in [0.05, 0.1) is 6.42 Å². The first-order chi connectivity index (χ1) is 7.16. The molecule has 0 bridgehead atoms. The van der Waals surface area contributed by atoms with Gasteiger partial charge in [0, 0.05) is 18.7 Å². The molecule has 15 heavy (non-hydrogen) atoms. The summed E-state index contributed by atoms with van der Waals surface area (Å²) in [4.78, 5) is 24.4. The third-order valence-electron chi connectivity index (χ3n) is 2.58. The minimum Gasteiger partial charge on any atom is -0.312 e. The molecule has 1 fully saturated rings. The Kier molecular flexibility index (Phi) is 2.54. The molecule has 0 radical (unpaired) electrons. The van der Waals surface area contributed by atoms with Crippen molar-refractivity contribution < 1.29 is 9.59 Å². The Balaban J connectivity index is 2.24. The predicted octanol–water partition coefficient (Wildman–Crippen LogP) is 1.69. The second kappa shape index (κ2) is 3.85. The van der Waals surface area contributed by atoms with Crippen molar-refractivity contribution in [2.75, 3.05) is 11.4 Å². The summed E-state index contributed by atoms with van der Waals surface area (Å²) in [5, 5.41) is 0. The van der Waals surface area contributed by atoms with E-state index in [1.807, 2.05) is 31.2 Å². The van der Waals surface area contributed by atoms with Crippen molar-refractivity contribution in [3.05, 3.63) is 29.8 Å². The van der Waals surface area contributed by atoms with Crippen LogP contribution in [0.4, 0.5) is 5.69 Å². The average molecular weight is 203 g/mol. The molecule has 1 saturated heterocycles. The number of aryl methyl sites for hydroxylation is 1. The van der Waals surface area contributed by atoms with Gasteiger partial charge in [-0.05, 0) is 24.6 Å². The summed E-state index contributed by atoms with van der Waals surface area (Å²) in [6.45, 7) is 2.50. The van der Waals surface area contributed by atoms with E-state index in [9.17, 15) is 9.59 Å². The van der Waals surface area contributed by atoms with Crippen molar-refractivity contribution in [2.45, 2.75) is 19.8 Å². The first kappa shape index (κ1) is 9.90. The molecule has 0 saturated carbocycles. The van der Waals surface area contributed by atoms with Crippen molar-refractivity contribution >= 4 is 17.4 Å². The van der Waals surface area contributed by atoms with Gasteiger partial charge in [-0.3, -0.25) is 9.59 Å². The van der Waals surface area contributed by atoms with Crippen molar-refractivity contribution in [3.8, 4) is 0 Å². The molecule has 1 aliphatic heterocycles. The predicted molar refractivity (Wildman–Crippen MR) is 57.8 cm³/mol. The number of carbonyl (C=O) groups is 2. The van der Waals surface area contributed by atoms with Crippen molar-refractivity contribution in [1.29, 1.82) is 0 Å². The lowest BCUT2D eigenvalue weighted by Crippen LogP contribution is -2.39. The molecule has 3 heteroatoms. The molecule has 0 atom stereocenters. The summed E-state index contributed by atoms with van der Waals surface area (Å²) in [6.07, 6.45) is 0.521. The van der Waals surface area contributed by atoms with Crippen LogP contribution in [0.2, 0.25) is 0 Å². The summed E-state index contributed by atoms with van der Waals surface area (Å²) in [6, 6.07) is 7.78. The zero-order valence-corrected chi connectivity index (χ0v) is 8.69. The maximum absolute atomic E-state index is 11.6. The number of hydrogen-bond acceptors (Lipinski definition) is 2. The van der Waals surface area contributed by atoms with Crippen molar-refractivity contribution in [1.82, 2.24) is 0 Å². The SMILES string of the molecule is Cc1cccc(N2CCC(=O)CC2=O)c1. The smallest absolute Gasteiger partial charge is 0.234 e. The molecule has 0 N–H and O–H groups in total. The van der Waals surface area contributed by atoms with Gasteiger partial charge in [-0.15, -0.1) is 0 Å². The van der Waals surface area contributed by atoms with Crippen LogP contribution in [0.15, 0.2) is 24.3 Å². The van der Waals surface area contributed by atoms with Gasteiger partial charge in [0.2, 0.25) is 5.91 Å². The van der Waals surface area contributed by atoms with Crippen LogP contribution in [-0.2, 0) is 9.59 Å². The number of amides is 1. The average Bonchev–Trinajstić information content (AvgIpc) is 2.17. The molecular weight excluding hydrogens is 190 g/mol. The first-order valence-electron chi connectivity index (χ1n) is 5.05. The molecule has 1 aromatic rings.